The number of benzene rings is 1. The Labute approximate surface area is 80.9 Å². The van der Waals surface area contributed by atoms with E-state index in [9.17, 15) is 22.4 Å². The van der Waals surface area contributed by atoms with Crippen LogP contribution in [-0.2, 0) is 0 Å². The van der Waals surface area contributed by atoms with Gasteiger partial charge in [0.25, 0.3) is 0 Å². The fraction of sp³-hybridized carbons (Fsp3) is 0.125. The van der Waals surface area contributed by atoms with Gasteiger partial charge < -0.3 is 9.84 Å². The first-order chi connectivity index (χ1) is 6.78. The Kier molecular flexibility index (Phi) is 2.83. The minimum Gasteiger partial charge on any atom is -0.478 e. The molecule has 0 radical (unpaired) electrons. The molecule has 0 unspecified atom stereocenters. The van der Waals surface area contributed by atoms with Crippen LogP contribution in [0.25, 0.3) is 0 Å². The van der Waals surface area contributed by atoms with Crippen molar-refractivity contribution in [3.63, 3.8) is 0 Å². The van der Waals surface area contributed by atoms with Crippen LogP contribution in [0.1, 0.15) is 10.4 Å². The van der Waals surface area contributed by atoms with Crippen LogP contribution < -0.4 is 4.74 Å². The van der Waals surface area contributed by atoms with Gasteiger partial charge in [0.1, 0.15) is 11.6 Å². The average molecular weight is 224 g/mol. The van der Waals surface area contributed by atoms with Gasteiger partial charge >= 0.3 is 12.3 Å². The molecule has 7 heteroatoms. The van der Waals surface area contributed by atoms with Crippen LogP contribution in [0.4, 0.5) is 17.6 Å². The van der Waals surface area contributed by atoms with Gasteiger partial charge in [0.2, 0.25) is 0 Å². The van der Waals surface area contributed by atoms with E-state index in [0.29, 0.717) is 18.2 Å². The zero-order chi connectivity index (χ0) is 11.6. The lowest BCUT2D eigenvalue weighted by molar-refractivity contribution is -0.274. The highest BCUT2D eigenvalue weighted by Gasteiger charge is 2.31. The summed E-state index contributed by atoms with van der Waals surface area (Å²) in [6, 6.07) is 1.62. The molecule has 1 rings (SSSR count). The molecule has 0 bridgehead atoms. The van der Waals surface area contributed by atoms with E-state index < -0.39 is 29.5 Å². The van der Waals surface area contributed by atoms with E-state index in [2.05, 4.69) is 4.74 Å². The number of halogens is 4. The Bertz CT molecular complexity index is 386. The molecule has 0 aliphatic heterocycles. The quantitative estimate of drug-likeness (QED) is 0.784. The highest BCUT2D eigenvalue weighted by atomic mass is 19.4. The molecule has 1 N–H and O–H groups in total. The van der Waals surface area contributed by atoms with Crippen molar-refractivity contribution in [1.82, 2.24) is 0 Å². The van der Waals surface area contributed by atoms with E-state index in [-0.39, 0.29) is 0 Å². The molecule has 0 spiro atoms. The number of hydrogen-bond acceptors (Lipinski definition) is 2. The van der Waals surface area contributed by atoms with E-state index in [1.165, 1.54) is 0 Å². The van der Waals surface area contributed by atoms with Crippen LogP contribution in [0.15, 0.2) is 18.2 Å². The second-order valence-electron chi connectivity index (χ2n) is 2.53. The first-order valence-corrected chi connectivity index (χ1v) is 3.57. The van der Waals surface area contributed by atoms with Crippen molar-refractivity contribution >= 4 is 5.97 Å². The van der Waals surface area contributed by atoms with Gasteiger partial charge in [-0.05, 0) is 12.1 Å². The first kappa shape index (κ1) is 11.3. The van der Waals surface area contributed by atoms with Crippen molar-refractivity contribution in [2.24, 2.45) is 0 Å². The number of carboxylic acids is 1. The number of alkyl halides is 3. The molecular weight excluding hydrogens is 220 g/mol. The van der Waals surface area contributed by atoms with Gasteiger partial charge in [0.05, 0.1) is 5.56 Å². The van der Waals surface area contributed by atoms with E-state index in [4.69, 9.17) is 5.11 Å². The maximum Gasteiger partial charge on any atom is 0.573 e. The number of hydrogen-bond donors (Lipinski definition) is 1. The standard InChI is InChI=1S/C8H4F4O3/c9-5-1-4(7(13)14)2-6(3-5)15-8(10,11)12/h1-3H,(H,13,14). The van der Waals surface area contributed by atoms with E-state index >= 15 is 0 Å². The summed E-state index contributed by atoms with van der Waals surface area (Å²) in [7, 11) is 0. The van der Waals surface area contributed by atoms with E-state index in [0.717, 1.165) is 0 Å². The largest absolute Gasteiger partial charge is 0.573 e. The fourth-order valence-electron chi connectivity index (χ4n) is 0.879. The van der Waals surface area contributed by atoms with Crippen LogP contribution in [-0.4, -0.2) is 17.4 Å². The highest BCUT2D eigenvalue weighted by Crippen LogP contribution is 2.24. The zero-order valence-corrected chi connectivity index (χ0v) is 7.01. The molecule has 0 amide bonds. The highest BCUT2D eigenvalue weighted by molar-refractivity contribution is 5.88. The zero-order valence-electron chi connectivity index (χ0n) is 7.01. The Morgan fingerprint density at radius 1 is 1.27 bits per heavy atom. The molecule has 0 fully saturated rings. The van der Waals surface area contributed by atoms with Crippen molar-refractivity contribution in [2.45, 2.75) is 6.36 Å². The van der Waals surface area contributed by atoms with Crippen molar-refractivity contribution in [1.29, 1.82) is 0 Å². The molecule has 15 heavy (non-hydrogen) atoms. The molecular formula is C8H4F4O3. The topological polar surface area (TPSA) is 46.5 Å². The predicted octanol–water partition coefficient (Wildman–Crippen LogP) is 2.42. The third kappa shape index (κ3) is 3.45. The van der Waals surface area contributed by atoms with Crippen LogP contribution in [0.3, 0.4) is 0 Å². The average Bonchev–Trinajstić information content (AvgIpc) is 1.99. The van der Waals surface area contributed by atoms with Crippen LogP contribution in [0.5, 0.6) is 5.75 Å². The van der Waals surface area contributed by atoms with Gasteiger partial charge in [-0.1, -0.05) is 0 Å². The summed E-state index contributed by atoms with van der Waals surface area (Å²) in [5.74, 6) is -3.56. The second kappa shape index (κ2) is 3.76. The molecule has 0 aliphatic carbocycles. The normalized spacial score (nSPS) is 11.2. The summed E-state index contributed by atoms with van der Waals surface area (Å²) in [6.45, 7) is 0. The van der Waals surface area contributed by atoms with Crippen LogP contribution in [0, 0.1) is 5.82 Å². The Morgan fingerprint density at radius 2 is 1.87 bits per heavy atom. The summed E-state index contributed by atoms with van der Waals surface area (Å²) in [5.41, 5.74) is -0.616. The molecule has 0 heterocycles. The molecule has 82 valence electrons. The SMILES string of the molecule is O=C(O)c1cc(F)cc(OC(F)(F)F)c1. The lowest BCUT2D eigenvalue weighted by Gasteiger charge is -2.09. The monoisotopic (exact) mass is 224 g/mol. The number of carbonyl (C=O) groups is 1. The molecule has 0 atom stereocenters. The van der Waals surface area contributed by atoms with Gasteiger partial charge in [0.15, 0.2) is 0 Å². The van der Waals surface area contributed by atoms with Crippen molar-refractivity contribution in [2.75, 3.05) is 0 Å². The van der Waals surface area contributed by atoms with Gasteiger partial charge in [-0.15, -0.1) is 13.2 Å². The van der Waals surface area contributed by atoms with Crippen LogP contribution in [0.2, 0.25) is 0 Å². The molecule has 0 aliphatic rings. The first-order valence-electron chi connectivity index (χ1n) is 3.57. The molecule has 1 aromatic carbocycles. The molecule has 3 nitrogen and oxygen atoms in total. The summed E-state index contributed by atoms with van der Waals surface area (Å²) >= 11 is 0. The maximum absolute atomic E-state index is 12.7. The van der Waals surface area contributed by atoms with E-state index in [1.54, 1.807) is 0 Å². The van der Waals surface area contributed by atoms with Gasteiger partial charge in [-0.2, -0.15) is 0 Å². The number of aromatic carboxylic acids is 1. The van der Waals surface area contributed by atoms with Crippen molar-refractivity contribution < 1.29 is 32.2 Å². The third-order valence-electron chi connectivity index (χ3n) is 1.35. The lowest BCUT2D eigenvalue weighted by Crippen LogP contribution is -2.17. The summed E-state index contributed by atoms with van der Waals surface area (Å²) in [5, 5.41) is 8.43. The maximum atomic E-state index is 12.7. The molecule has 0 saturated carbocycles. The Hall–Kier alpha value is -1.79. The number of ether oxygens (including phenoxy) is 1. The molecule has 1 aromatic rings. The summed E-state index contributed by atoms with van der Waals surface area (Å²) < 4.78 is 51.2. The number of rotatable bonds is 2. The van der Waals surface area contributed by atoms with Gasteiger partial charge in [0, 0.05) is 6.07 Å². The summed E-state index contributed by atoms with van der Waals surface area (Å²) in [4.78, 5) is 10.4. The summed E-state index contributed by atoms with van der Waals surface area (Å²) in [6.07, 6.45) is -4.98. The smallest absolute Gasteiger partial charge is 0.478 e. The minimum absolute atomic E-state index is 0.444. The number of carboxylic acid groups (broad SMARTS) is 1. The molecule has 0 aromatic heterocycles. The van der Waals surface area contributed by atoms with E-state index in [1.807, 2.05) is 0 Å². The lowest BCUT2D eigenvalue weighted by atomic mass is 10.2. The Morgan fingerprint density at radius 3 is 2.33 bits per heavy atom. The fourth-order valence-corrected chi connectivity index (χ4v) is 0.879. The third-order valence-corrected chi connectivity index (χ3v) is 1.35. The minimum atomic E-state index is -4.98. The van der Waals surface area contributed by atoms with Crippen molar-refractivity contribution in [3.8, 4) is 5.75 Å². The molecule has 0 saturated heterocycles. The van der Waals surface area contributed by atoms with Gasteiger partial charge in [-0.3, -0.25) is 0 Å². The van der Waals surface area contributed by atoms with Crippen molar-refractivity contribution in [3.05, 3.63) is 29.6 Å². The predicted molar refractivity (Wildman–Crippen MR) is 40.0 cm³/mol. The Balaban J connectivity index is 3.04. The van der Waals surface area contributed by atoms with Crippen LogP contribution >= 0.6 is 0 Å². The van der Waals surface area contributed by atoms with Gasteiger partial charge in [-0.25, -0.2) is 9.18 Å². The second-order valence-corrected chi connectivity index (χ2v) is 2.53.